The van der Waals surface area contributed by atoms with Gasteiger partial charge in [0.25, 0.3) is 0 Å². The zero-order chi connectivity index (χ0) is 12.0. The highest BCUT2D eigenvalue weighted by molar-refractivity contribution is 5.84. The minimum Gasteiger partial charge on any atom is -0.469 e. The average Bonchev–Trinajstić information content (AvgIpc) is 2.81. The number of rotatable bonds is 5. The summed E-state index contributed by atoms with van der Waals surface area (Å²) in [6.45, 7) is 0. The van der Waals surface area contributed by atoms with Crippen molar-refractivity contribution in [2.24, 2.45) is 5.92 Å². The lowest BCUT2D eigenvalue weighted by molar-refractivity contribution is -0.142. The van der Waals surface area contributed by atoms with Crippen molar-refractivity contribution < 1.29 is 19.1 Å². The smallest absolute Gasteiger partial charge is 0.308 e. The Balaban J connectivity index is 2.39. The number of methoxy groups -OCH3 is 1. The van der Waals surface area contributed by atoms with Crippen molar-refractivity contribution in [3.05, 3.63) is 0 Å². The van der Waals surface area contributed by atoms with Crippen LogP contribution in [0.25, 0.3) is 0 Å². The van der Waals surface area contributed by atoms with E-state index in [1.54, 1.807) is 0 Å². The summed E-state index contributed by atoms with van der Waals surface area (Å²) in [4.78, 5) is 33.3. The maximum absolute atomic E-state index is 11.7. The van der Waals surface area contributed by atoms with Crippen molar-refractivity contribution in [1.82, 2.24) is 5.32 Å². The minimum absolute atomic E-state index is 0.0000898. The third-order valence-corrected chi connectivity index (χ3v) is 2.83. The van der Waals surface area contributed by atoms with Crippen LogP contribution in [-0.2, 0) is 19.1 Å². The van der Waals surface area contributed by atoms with E-state index in [2.05, 4.69) is 10.1 Å². The zero-order valence-electron chi connectivity index (χ0n) is 9.40. The molecule has 0 aromatic carbocycles. The Morgan fingerprint density at radius 2 is 2.06 bits per heavy atom. The van der Waals surface area contributed by atoms with Crippen LogP contribution in [0.1, 0.15) is 32.1 Å². The molecule has 0 bridgehead atoms. The number of esters is 1. The van der Waals surface area contributed by atoms with Crippen LogP contribution in [0.15, 0.2) is 0 Å². The lowest BCUT2D eigenvalue weighted by Gasteiger charge is -2.14. The van der Waals surface area contributed by atoms with Gasteiger partial charge in [-0.2, -0.15) is 0 Å². The molecule has 0 heterocycles. The van der Waals surface area contributed by atoms with E-state index in [4.69, 9.17) is 0 Å². The number of carbonyl (C=O) groups is 3. The lowest BCUT2D eigenvalue weighted by atomic mass is 10.1. The molecule has 0 radical (unpaired) electrons. The molecule has 1 amide bonds. The summed E-state index contributed by atoms with van der Waals surface area (Å²) in [6, 6.07) is -0.763. The largest absolute Gasteiger partial charge is 0.469 e. The maximum atomic E-state index is 11.7. The molecule has 0 aromatic heterocycles. The van der Waals surface area contributed by atoms with Gasteiger partial charge in [-0.3, -0.25) is 9.59 Å². The van der Waals surface area contributed by atoms with Crippen molar-refractivity contribution in [3.63, 3.8) is 0 Å². The van der Waals surface area contributed by atoms with E-state index in [-0.39, 0.29) is 18.2 Å². The van der Waals surface area contributed by atoms with E-state index in [0.29, 0.717) is 6.29 Å². The Morgan fingerprint density at radius 1 is 1.44 bits per heavy atom. The molecular weight excluding hydrogens is 210 g/mol. The third-order valence-electron chi connectivity index (χ3n) is 2.83. The Morgan fingerprint density at radius 3 is 2.56 bits per heavy atom. The zero-order valence-corrected chi connectivity index (χ0v) is 9.40. The molecule has 1 aliphatic carbocycles. The van der Waals surface area contributed by atoms with E-state index in [0.717, 1.165) is 25.7 Å². The summed E-state index contributed by atoms with van der Waals surface area (Å²) in [5.74, 6) is -0.623. The van der Waals surface area contributed by atoms with Gasteiger partial charge in [-0.25, -0.2) is 0 Å². The molecule has 1 rings (SSSR count). The molecule has 5 heteroatoms. The van der Waals surface area contributed by atoms with Gasteiger partial charge in [-0.15, -0.1) is 0 Å². The van der Waals surface area contributed by atoms with Gasteiger partial charge in [0.1, 0.15) is 6.29 Å². The van der Waals surface area contributed by atoms with Crippen LogP contribution in [0.4, 0.5) is 0 Å². The first-order valence-corrected chi connectivity index (χ1v) is 5.50. The Kier molecular flexibility index (Phi) is 4.95. The normalized spacial score (nSPS) is 17.8. The lowest BCUT2D eigenvalue weighted by Crippen LogP contribution is -2.40. The number of amides is 1. The van der Waals surface area contributed by atoms with Crippen molar-refractivity contribution in [2.45, 2.75) is 38.1 Å². The molecule has 0 aromatic rings. The molecular formula is C11H17NO4. The van der Waals surface area contributed by atoms with Gasteiger partial charge in [-0.1, -0.05) is 12.8 Å². The van der Waals surface area contributed by atoms with Crippen LogP contribution in [0, 0.1) is 5.92 Å². The standard InChI is InChI=1S/C11H17NO4/c1-16-10(14)6-9(7-13)12-11(15)8-4-2-3-5-8/h7-9H,2-6H2,1H3,(H,12,15). The number of aldehydes is 1. The minimum atomic E-state index is -0.763. The number of hydrogen-bond donors (Lipinski definition) is 1. The first-order chi connectivity index (χ1) is 7.67. The fourth-order valence-corrected chi connectivity index (χ4v) is 1.88. The van der Waals surface area contributed by atoms with Crippen LogP contribution in [0.2, 0.25) is 0 Å². The molecule has 1 atom stereocenters. The van der Waals surface area contributed by atoms with E-state index in [1.165, 1.54) is 7.11 Å². The number of nitrogens with one attached hydrogen (secondary N) is 1. The van der Waals surface area contributed by atoms with E-state index in [1.807, 2.05) is 0 Å². The van der Waals surface area contributed by atoms with Crippen LogP contribution in [-0.4, -0.2) is 31.3 Å². The van der Waals surface area contributed by atoms with Crippen LogP contribution >= 0.6 is 0 Å². The molecule has 1 saturated carbocycles. The van der Waals surface area contributed by atoms with Crippen LogP contribution in [0.5, 0.6) is 0 Å². The molecule has 1 aliphatic rings. The summed E-state index contributed by atoms with van der Waals surface area (Å²) in [6.07, 6.45) is 4.33. The first-order valence-electron chi connectivity index (χ1n) is 5.50. The Hall–Kier alpha value is -1.39. The highest BCUT2D eigenvalue weighted by Crippen LogP contribution is 2.24. The molecule has 0 saturated heterocycles. The SMILES string of the molecule is COC(=O)CC(C=O)NC(=O)C1CCCC1. The number of hydrogen-bond acceptors (Lipinski definition) is 4. The highest BCUT2D eigenvalue weighted by atomic mass is 16.5. The second-order valence-corrected chi connectivity index (χ2v) is 4.01. The van der Waals surface area contributed by atoms with Gasteiger partial charge in [0.2, 0.25) is 5.91 Å². The summed E-state index contributed by atoms with van der Waals surface area (Å²) in [5, 5.41) is 2.57. The fraction of sp³-hybridized carbons (Fsp3) is 0.727. The fourth-order valence-electron chi connectivity index (χ4n) is 1.88. The molecule has 0 aliphatic heterocycles. The average molecular weight is 227 g/mol. The second-order valence-electron chi connectivity index (χ2n) is 4.01. The van der Waals surface area contributed by atoms with Gasteiger partial charge in [0.05, 0.1) is 19.6 Å². The predicted molar refractivity (Wildman–Crippen MR) is 56.6 cm³/mol. The third kappa shape index (κ3) is 3.64. The molecule has 1 unspecified atom stereocenters. The molecule has 5 nitrogen and oxygen atoms in total. The molecule has 16 heavy (non-hydrogen) atoms. The van der Waals surface area contributed by atoms with Gasteiger partial charge < -0.3 is 14.8 Å². The molecule has 90 valence electrons. The van der Waals surface area contributed by atoms with E-state index in [9.17, 15) is 14.4 Å². The molecule has 1 N–H and O–H groups in total. The monoisotopic (exact) mass is 227 g/mol. The first kappa shape index (κ1) is 12.7. The van der Waals surface area contributed by atoms with Crippen molar-refractivity contribution in [3.8, 4) is 0 Å². The Bertz CT molecular complexity index is 271. The maximum Gasteiger partial charge on any atom is 0.308 e. The summed E-state index contributed by atoms with van der Waals surface area (Å²) >= 11 is 0. The topological polar surface area (TPSA) is 72.5 Å². The predicted octanol–water partition coefficient (Wildman–Crippen LogP) is 0.423. The Labute approximate surface area is 94.5 Å². The van der Waals surface area contributed by atoms with Gasteiger partial charge >= 0.3 is 5.97 Å². The van der Waals surface area contributed by atoms with E-state index >= 15 is 0 Å². The van der Waals surface area contributed by atoms with Crippen molar-refractivity contribution >= 4 is 18.2 Å². The highest BCUT2D eigenvalue weighted by Gasteiger charge is 2.25. The van der Waals surface area contributed by atoms with Gasteiger partial charge in [0, 0.05) is 5.92 Å². The van der Waals surface area contributed by atoms with Crippen LogP contribution < -0.4 is 5.32 Å². The van der Waals surface area contributed by atoms with Crippen molar-refractivity contribution in [2.75, 3.05) is 7.11 Å². The molecule has 1 fully saturated rings. The molecule has 0 spiro atoms. The number of ether oxygens (including phenoxy) is 1. The van der Waals surface area contributed by atoms with Gasteiger partial charge in [-0.05, 0) is 12.8 Å². The second kappa shape index (κ2) is 6.25. The summed E-state index contributed by atoms with van der Waals surface area (Å²) in [7, 11) is 1.25. The summed E-state index contributed by atoms with van der Waals surface area (Å²) < 4.78 is 4.44. The van der Waals surface area contributed by atoms with E-state index < -0.39 is 12.0 Å². The van der Waals surface area contributed by atoms with Crippen LogP contribution in [0.3, 0.4) is 0 Å². The number of carbonyl (C=O) groups excluding carboxylic acids is 3. The van der Waals surface area contributed by atoms with Gasteiger partial charge in [0.15, 0.2) is 0 Å². The van der Waals surface area contributed by atoms with Crippen molar-refractivity contribution in [1.29, 1.82) is 0 Å². The summed E-state index contributed by atoms with van der Waals surface area (Å²) in [5.41, 5.74) is 0. The quantitative estimate of drug-likeness (QED) is 0.546.